The maximum absolute atomic E-state index is 12.1. The van der Waals surface area contributed by atoms with E-state index in [1.165, 1.54) is 4.31 Å². The van der Waals surface area contributed by atoms with Crippen LogP contribution in [0.25, 0.3) is 0 Å². The molecule has 0 N–H and O–H groups in total. The molecule has 1 saturated heterocycles. The van der Waals surface area contributed by atoms with Crippen LogP contribution in [0.15, 0.2) is 17.0 Å². The summed E-state index contributed by atoms with van der Waals surface area (Å²) in [6.07, 6.45) is 6.09. The van der Waals surface area contributed by atoms with Gasteiger partial charge in [0.2, 0.25) is 0 Å². The SMILES string of the molecule is CN(C)S(=O)(=O)N1CCC[C@H](Cc2cnc(Br)cn2)C1. The molecule has 0 aromatic carbocycles. The van der Waals surface area contributed by atoms with E-state index < -0.39 is 10.2 Å². The lowest BCUT2D eigenvalue weighted by Gasteiger charge is -2.33. The van der Waals surface area contributed by atoms with Crippen LogP contribution in [0.5, 0.6) is 0 Å². The number of halogens is 1. The van der Waals surface area contributed by atoms with Crippen molar-refractivity contribution < 1.29 is 8.42 Å². The molecule has 6 nitrogen and oxygen atoms in total. The first-order valence-electron chi connectivity index (χ1n) is 6.53. The van der Waals surface area contributed by atoms with Crippen molar-refractivity contribution in [3.05, 3.63) is 22.7 Å². The maximum Gasteiger partial charge on any atom is 0.281 e. The van der Waals surface area contributed by atoms with Crippen molar-refractivity contribution >= 4 is 26.1 Å². The molecule has 0 amide bonds. The van der Waals surface area contributed by atoms with Crippen molar-refractivity contribution in [1.29, 1.82) is 0 Å². The Bertz CT molecular complexity index is 547. The van der Waals surface area contributed by atoms with Crippen molar-refractivity contribution in [2.75, 3.05) is 27.2 Å². The summed E-state index contributed by atoms with van der Waals surface area (Å²) < 4.78 is 27.8. The molecule has 1 aromatic rings. The fraction of sp³-hybridized carbons (Fsp3) is 0.667. The minimum absolute atomic E-state index is 0.300. The zero-order chi connectivity index (χ0) is 14.8. The molecule has 1 aromatic heterocycles. The van der Waals surface area contributed by atoms with Crippen molar-refractivity contribution in [3.63, 3.8) is 0 Å². The van der Waals surface area contributed by atoms with Gasteiger partial charge in [-0.2, -0.15) is 17.0 Å². The summed E-state index contributed by atoms with van der Waals surface area (Å²) in [6.45, 7) is 1.15. The third kappa shape index (κ3) is 3.75. The lowest BCUT2D eigenvalue weighted by atomic mass is 9.95. The predicted octanol–water partition coefficient (Wildman–Crippen LogP) is 1.30. The van der Waals surface area contributed by atoms with Gasteiger partial charge in [0.05, 0.1) is 11.9 Å². The molecule has 0 radical (unpaired) electrons. The summed E-state index contributed by atoms with van der Waals surface area (Å²) in [5.74, 6) is 0.300. The van der Waals surface area contributed by atoms with Crippen molar-refractivity contribution in [2.24, 2.45) is 5.92 Å². The Kier molecular flexibility index (Phi) is 5.11. The van der Waals surface area contributed by atoms with Gasteiger partial charge in [-0.25, -0.2) is 4.98 Å². The topological polar surface area (TPSA) is 66.4 Å². The standard InChI is InChI=1S/C12H19BrN4O2S/c1-16(2)20(18,19)17-5-3-4-10(9-17)6-11-7-15-12(13)8-14-11/h7-8,10H,3-6,9H2,1-2H3/t10-/m1/s1. The average molecular weight is 363 g/mol. The molecular weight excluding hydrogens is 344 g/mol. The highest BCUT2D eigenvalue weighted by Crippen LogP contribution is 2.23. The van der Waals surface area contributed by atoms with Crippen LogP contribution in [0.3, 0.4) is 0 Å². The normalized spacial score (nSPS) is 21.3. The van der Waals surface area contributed by atoms with Crippen LogP contribution in [-0.2, 0) is 16.6 Å². The molecule has 20 heavy (non-hydrogen) atoms. The maximum atomic E-state index is 12.1. The van der Waals surface area contributed by atoms with E-state index in [-0.39, 0.29) is 0 Å². The summed E-state index contributed by atoms with van der Waals surface area (Å²) in [4.78, 5) is 8.46. The summed E-state index contributed by atoms with van der Waals surface area (Å²) in [6, 6.07) is 0. The van der Waals surface area contributed by atoms with Crippen LogP contribution in [0.2, 0.25) is 0 Å². The van der Waals surface area contributed by atoms with Gasteiger partial charge in [-0.1, -0.05) is 0 Å². The van der Waals surface area contributed by atoms with Crippen LogP contribution in [-0.4, -0.2) is 54.2 Å². The van der Waals surface area contributed by atoms with E-state index in [1.807, 2.05) is 0 Å². The van der Waals surface area contributed by atoms with E-state index in [4.69, 9.17) is 0 Å². The second-order valence-electron chi connectivity index (χ2n) is 5.19. The van der Waals surface area contributed by atoms with Crippen molar-refractivity contribution in [3.8, 4) is 0 Å². The molecule has 8 heteroatoms. The molecule has 1 atom stereocenters. The van der Waals surface area contributed by atoms with Gasteiger partial charge in [0.25, 0.3) is 10.2 Å². The number of piperidine rings is 1. The van der Waals surface area contributed by atoms with Gasteiger partial charge < -0.3 is 0 Å². The van der Waals surface area contributed by atoms with Gasteiger partial charge in [-0.15, -0.1) is 0 Å². The first-order chi connectivity index (χ1) is 9.39. The Hall–Kier alpha value is -0.570. The number of hydrogen-bond acceptors (Lipinski definition) is 4. The minimum atomic E-state index is -3.31. The molecule has 0 aliphatic carbocycles. The van der Waals surface area contributed by atoms with Gasteiger partial charge in [-0.3, -0.25) is 4.98 Å². The highest BCUT2D eigenvalue weighted by molar-refractivity contribution is 9.10. The first-order valence-corrected chi connectivity index (χ1v) is 8.72. The first kappa shape index (κ1) is 15.8. The molecule has 112 valence electrons. The van der Waals surface area contributed by atoms with Gasteiger partial charge in [0.1, 0.15) is 4.60 Å². The Morgan fingerprint density at radius 1 is 1.40 bits per heavy atom. The molecular formula is C12H19BrN4O2S. The van der Waals surface area contributed by atoms with E-state index in [0.717, 1.165) is 25.0 Å². The number of rotatable bonds is 4. The lowest BCUT2D eigenvalue weighted by Crippen LogP contribution is -2.45. The fourth-order valence-electron chi connectivity index (χ4n) is 2.37. The second-order valence-corrected chi connectivity index (χ2v) is 8.15. The molecule has 0 saturated carbocycles. The van der Waals surface area contributed by atoms with E-state index in [0.29, 0.717) is 23.6 Å². The van der Waals surface area contributed by atoms with Crippen molar-refractivity contribution in [2.45, 2.75) is 19.3 Å². The number of hydrogen-bond donors (Lipinski definition) is 0. The Morgan fingerprint density at radius 2 is 2.15 bits per heavy atom. The summed E-state index contributed by atoms with van der Waals surface area (Å²) >= 11 is 3.26. The zero-order valence-electron chi connectivity index (χ0n) is 11.7. The summed E-state index contributed by atoms with van der Waals surface area (Å²) in [5, 5.41) is 0. The molecule has 1 aliphatic rings. The Balaban J connectivity index is 2.02. The van der Waals surface area contributed by atoms with Crippen LogP contribution in [0.4, 0.5) is 0 Å². The van der Waals surface area contributed by atoms with Gasteiger partial charge in [0.15, 0.2) is 0 Å². The van der Waals surface area contributed by atoms with E-state index >= 15 is 0 Å². The number of aromatic nitrogens is 2. The Morgan fingerprint density at radius 3 is 2.75 bits per heavy atom. The van der Waals surface area contributed by atoms with Crippen LogP contribution < -0.4 is 0 Å². The summed E-state index contributed by atoms with van der Waals surface area (Å²) in [7, 11) is -0.172. The average Bonchev–Trinajstić information content (AvgIpc) is 2.41. The van der Waals surface area contributed by atoms with E-state index in [2.05, 4.69) is 25.9 Å². The molecule has 0 spiro atoms. The van der Waals surface area contributed by atoms with Gasteiger partial charge >= 0.3 is 0 Å². The van der Waals surface area contributed by atoms with E-state index in [9.17, 15) is 8.42 Å². The van der Waals surface area contributed by atoms with Crippen LogP contribution in [0.1, 0.15) is 18.5 Å². The van der Waals surface area contributed by atoms with Crippen LogP contribution >= 0.6 is 15.9 Å². The molecule has 2 heterocycles. The largest absolute Gasteiger partial charge is 0.281 e. The lowest BCUT2D eigenvalue weighted by molar-refractivity contribution is 0.253. The van der Waals surface area contributed by atoms with Gasteiger partial charge in [0, 0.05) is 33.4 Å². The molecule has 1 fully saturated rings. The van der Waals surface area contributed by atoms with Gasteiger partial charge in [-0.05, 0) is 41.1 Å². The molecule has 0 bridgehead atoms. The predicted molar refractivity (Wildman–Crippen MR) is 80.3 cm³/mol. The van der Waals surface area contributed by atoms with E-state index in [1.54, 1.807) is 30.8 Å². The monoisotopic (exact) mass is 362 g/mol. The molecule has 1 aliphatic heterocycles. The second kappa shape index (κ2) is 6.46. The highest BCUT2D eigenvalue weighted by Gasteiger charge is 2.30. The molecule has 2 rings (SSSR count). The third-order valence-corrected chi connectivity index (χ3v) is 5.76. The smallest absolute Gasteiger partial charge is 0.257 e. The van der Waals surface area contributed by atoms with Crippen LogP contribution in [0, 0.1) is 5.92 Å². The quantitative estimate of drug-likeness (QED) is 0.809. The summed E-state index contributed by atoms with van der Waals surface area (Å²) in [5.41, 5.74) is 0.905. The fourth-order valence-corrected chi connectivity index (χ4v) is 3.80. The highest BCUT2D eigenvalue weighted by atomic mass is 79.9. The Labute approximate surface area is 128 Å². The molecule has 0 unspecified atom stereocenters. The van der Waals surface area contributed by atoms with Crippen molar-refractivity contribution in [1.82, 2.24) is 18.6 Å². The minimum Gasteiger partial charge on any atom is -0.257 e. The third-order valence-electron chi connectivity index (χ3n) is 3.44. The number of nitrogens with zero attached hydrogens (tertiary/aromatic N) is 4. The zero-order valence-corrected chi connectivity index (χ0v) is 14.1.